The molecule has 8 heteroatoms. The maximum Gasteiger partial charge on any atom is 0.220 e. The number of H-pyrrole nitrogens is 1. The molecule has 1 atom stereocenters. The summed E-state index contributed by atoms with van der Waals surface area (Å²) in [5.74, 6) is 1.71. The third-order valence-electron chi connectivity index (χ3n) is 5.47. The lowest BCUT2D eigenvalue weighted by atomic mass is 10.0. The summed E-state index contributed by atoms with van der Waals surface area (Å²) in [5.41, 5.74) is 4.79. The number of aryl methyl sites for hydroxylation is 2. The van der Waals surface area contributed by atoms with E-state index in [-0.39, 0.29) is 11.9 Å². The van der Waals surface area contributed by atoms with Gasteiger partial charge in [0.15, 0.2) is 0 Å². The number of aromatic amines is 1. The van der Waals surface area contributed by atoms with Crippen LogP contribution in [0.15, 0.2) is 22.7 Å². The van der Waals surface area contributed by atoms with Gasteiger partial charge in [-0.2, -0.15) is 0 Å². The number of fused-ring (bicyclic) bond motifs is 1. The van der Waals surface area contributed by atoms with E-state index in [1.54, 1.807) is 0 Å². The van der Waals surface area contributed by atoms with Crippen molar-refractivity contribution in [2.75, 3.05) is 19.3 Å². The fourth-order valence-electron chi connectivity index (χ4n) is 3.93. The lowest BCUT2D eigenvalue weighted by molar-refractivity contribution is -0.119. The summed E-state index contributed by atoms with van der Waals surface area (Å²) >= 11 is 1.87. The van der Waals surface area contributed by atoms with E-state index in [2.05, 4.69) is 37.1 Å². The van der Waals surface area contributed by atoms with Crippen molar-refractivity contribution >= 4 is 28.9 Å². The third kappa shape index (κ3) is 5.49. The van der Waals surface area contributed by atoms with Crippen LogP contribution in [0.2, 0.25) is 0 Å². The monoisotopic (exact) mass is 443 g/mol. The maximum atomic E-state index is 11.4. The number of hydrogen-bond acceptors (Lipinski definition) is 6. The molecule has 0 aliphatic carbocycles. The molecular weight excluding hydrogens is 410 g/mol. The number of hydrogen-bond donors (Lipinski definition) is 2. The summed E-state index contributed by atoms with van der Waals surface area (Å²) in [5, 5.41) is 6.93. The zero-order valence-electron chi connectivity index (χ0n) is 19.1. The minimum atomic E-state index is -0.0117. The van der Waals surface area contributed by atoms with E-state index < -0.39 is 0 Å². The van der Waals surface area contributed by atoms with Gasteiger partial charge < -0.3 is 14.8 Å². The fraction of sp³-hybridized carbons (Fsp3) is 0.522. The minimum Gasteiger partial charge on any atom is -0.361 e. The van der Waals surface area contributed by atoms with Gasteiger partial charge in [-0.3, -0.25) is 9.10 Å². The number of rotatable bonds is 3. The van der Waals surface area contributed by atoms with Crippen molar-refractivity contribution in [1.29, 1.82) is 0 Å². The van der Waals surface area contributed by atoms with Crippen molar-refractivity contribution in [3.8, 4) is 11.1 Å². The fourth-order valence-corrected chi connectivity index (χ4v) is 4.56. The Hall–Kier alpha value is -2.32. The zero-order valence-corrected chi connectivity index (χ0v) is 19.9. The number of nitrogens with zero attached hydrogens (tertiary/aromatic N) is 3. The maximum absolute atomic E-state index is 11.4. The lowest BCUT2D eigenvalue weighted by Gasteiger charge is -2.06. The Labute approximate surface area is 188 Å². The van der Waals surface area contributed by atoms with Gasteiger partial charge in [0.05, 0.1) is 22.8 Å². The SMILES string of the molecule is CC.CSN1CCCC1.Cc1noc(C)c1-c1ccc2nc(C3CCC(=O)N3)[nH]c2c1. The van der Waals surface area contributed by atoms with Crippen molar-refractivity contribution in [2.45, 2.75) is 59.4 Å². The van der Waals surface area contributed by atoms with E-state index >= 15 is 0 Å². The van der Waals surface area contributed by atoms with Crippen LogP contribution in [0.3, 0.4) is 0 Å². The molecule has 1 unspecified atom stereocenters. The molecule has 1 aromatic carbocycles. The standard InChI is InChI=1S/C16H16N4O2.C5H11NS.C2H6/c1-8-15(9(2)22-20-8)10-3-4-11-13(7-10)19-16(18-11)12-5-6-14(21)17-12;1-7-6-4-2-3-5-6;1-2/h3-4,7,12H,5-6H2,1-2H3,(H,17,21)(H,18,19);2-5H2,1H3;1-2H3. The highest BCUT2D eigenvalue weighted by atomic mass is 32.2. The zero-order chi connectivity index (χ0) is 22.4. The molecule has 168 valence electrons. The number of imidazole rings is 1. The predicted molar refractivity (Wildman–Crippen MR) is 127 cm³/mol. The van der Waals surface area contributed by atoms with Gasteiger partial charge in [-0.1, -0.05) is 37.0 Å². The summed E-state index contributed by atoms with van der Waals surface area (Å²) in [7, 11) is 0. The summed E-state index contributed by atoms with van der Waals surface area (Å²) < 4.78 is 7.64. The molecule has 0 spiro atoms. The number of nitrogens with one attached hydrogen (secondary N) is 2. The molecule has 0 saturated carbocycles. The highest BCUT2D eigenvalue weighted by molar-refractivity contribution is 7.96. The smallest absolute Gasteiger partial charge is 0.220 e. The largest absolute Gasteiger partial charge is 0.361 e. The quantitative estimate of drug-likeness (QED) is 0.543. The summed E-state index contributed by atoms with van der Waals surface area (Å²) in [4.78, 5) is 19.3. The number of aromatic nitrogens is 3. The van der Waals surface area contributed by atoms with Gasteiger partial charge in [-0.05, 0) is 57.1 Å². The number of amides is 1. The Bertz CT molecular complexity index is 987. The van der Waals surface area contributed by atoms with E-state index in [4.69, 9.17) is 4.52 Å². The summed E-state index contributed by atoms with van der Waals surface area (Å²) in [6.07, 6.45) is 6.30. The van der Waals surface area contributed by atoms with Gasteiger partial charge >= 0.3 is 0 Å². The van der Waals surface area contributed by atoms with Gasteiger partial charge in [0, 0.05) is 25.1 Å². The number of benzene rings is 1. The Morgan fingerprint density at radius 2 is 1.94 bits per heavy atom. The molecule has 4 heterocycles. The molecule has 0 radical (unpaired) electrons. The lowest BCUT2D eigenvalue weighted by Crippen LogP contribution is -2.19. The van der Waals surface area contributed by atoms with E-state index in [1.807, 2.05) is 51.8 Å². The molecule has 0 bridgehead atoms. The molecule has 1 amide bonds. The van der Waals surface area contributed by atoms with Crippen LogP contribution in [0.4, 0.5) is 0 Å². The van der Waals surface area contributed by atoms with Crippen molar-refractivity contribution in [3.05, 3.63) is 35.5 Å². The van der Waals surface area contributed by atoms with Gasteiger partial charge in [-0.15, -0.1) is 0 Å². The highest BCUT2D eigenvalue weighted by Gasteiger charge is 2.25. The Balaban J connectivity index is 0.000000256. The molecular formula is C23H33N5O2S. The van der Waals surface area contributed by atoms with Gasteiger partial charge in [0.2, 0.25) is 5.91 Å². The van der Waals surface area contributed by atoms with E-state index in [0.717, 1.165) is 45.9 Å². The molecule has 2 aliphatic rings. The normalized spacial score (nSPS) is 18.4. The van der Waals surface area contributed by atoms with E-state index in [1.165, 1.54) is 25.9 Å². The molecule has 7 nitrogen and oxygen atoms in total. The molecule has 3 aromatic rings. The molecule has 5 rings (SSSR count). The van der Waals surface area contributed by atoms with Gasteiger partial charge in [-0.25, -0.2) is 4.98 Å². The van der Waals surface area contributed by atoms with E-state index in [0.29, 0.717) is 6.42 Å². The molecule has 2 saturated heterocycles. The third-order valence-corrected chi connectivity index (χ3v) is 6.35. The average Bonchev–Trinajstić information content (AvgIpc) is 3.57. The van der Waals surface area contributed by atoms with Crippen molar-refractivity contribution in [3.63, 3.8) is 0 Å². The van der Waals surface area contributed by atoms with Crippen LogP contribution in [0.5, 0.6) is 0 Å². The Kier molecular flexibility index (Phi) is 8.15. The van der Waals surface area contributed by atoms with E-state index in [9.17, 15) is 4.79 Å². The minimum absolute atomic E-state index is 0.0117. The molecule has 2 aromatic heterocycles. The average molecular weight is 444 g/mol. The van der Waals surface area contributed by atoms with Crippen molar-refractivity contribution < 1.29 is 9.32 Å². The van der Waals surface area contributed by atoms with Gasteiger partial charge in [0.25, 0.3) is 0 Å². The van der Waals surface area contributed by atoms with Crippen LogP contribution in [0.1, 0.15) is 62.9 Å². The van der Waals surface area contributed by atoms with Crippen LogP contribution >= 0.6 is 11.9 Å². The number of carbonyl (C=O) groups is 1. The predicted octanol–water partition coefficient (Wildman–Crippen LogP) is 5.17. The van der Waals surface area contributed by atoms with Crippen molar-refractivity contribution in [1.82, 2.24) is 24.7 Å². The molecule has 2 N–H and O–H groups in total. The Morgan fingerprint density at radius 1 is 1.19 bits per heavy atom. The first-order valence-corrected chi connectivity index (χ1v) is 12.2. The van der Waals surface area contributed by atoms with Crippen LogP contribution < -0.4 is 5.32 Å². The second-order valence-electron chi connectivity index (χ2n) is 7.53. The summed E-state index contributed by atoms with van der Waals surface area (Å²) in [6.45, 7) is 10.5. The Morgan fingerprint density at radius 3 is 2.48 bits per heavy atom. The van der Waals surface area contributed by atoms with Crippen LogP contribution in [0, 0.1) is 13.8 Å². The number of carbonyl (C=O) groups excluding carboxylic acids is 1. The van der Waals surface area contributed by atoms with Crippen molar-refractivity contribution in [2.24, 2.45) is 0 Å². The van der Waals surface area contributed by atoms with Crippen LogP contribution in [0.25, 0.3) is 22.2 Å². The highest BCUT2D eigenvalue weighted by Crippen LogP contribution is 2.30. The summed E-state index contributed by atoms with van der Waals surface area (Å²) in [6, 6.07) is 6.04. The second kappa shape index (κ2) is 10.8. The first kappa shape index (κ1) is 23.3. The molecule has 2 fully saturated rings. The van der Waals surface area contributed by atoms with Crippen LogP contribution in [-0.4, -0.2) is 44.7 Å². The first-order chi connectivity index (χ1) is 15.0. The van der Waals surface area contributed by atoms with Gasteiger partial charge in [0.1, 0.15) is 11.6 Å². The second-order valence-corrected chi connectivity index (χ2v) is 8.41. The molecule has 31 heavy (non-hydrogen) atoms. The first-order valence-electron chi connectivity index (χ1n) is 11.1. The topological polar surface area (TPSA) is 87.1 Å². The molecule has 2 aliphatic heterocycles. The van der Waals surface area contributed by atoms with Crippen LogP contribution in [-0.2, 0) is 4.79 Å².